The van der Waals surface area contributed by atoms with Crippen molar-refractivity contribution in [2.24, 2.45) is 0 Å². The number of ether oxygens (including phenoxy) is 1. The van der Waals surface area contributed by atoms with Crippen molar-refractivity contribution >= 4 is 5.91 Å². The van der Waals surface area contributed by atoms with E-state index in [0.29, 0.717) is 25.3 Å². The molecule has 8 nitrogen and oxygen atoms in total. The highest BCUT2D eigenvalue weighted by atomic mass is 16.5. The average Bonchev–Trinajstić information content (AvgIpc) is 2.98. The van der Waals surface area contributed by atoms with Crippen LogP contribution in [0, 0.1) is 0 Å². The molecule has 0 aliphatic carbocycles. The Kier molecular flexibility index (Phi) is 4.10. The van der Waals surface area contributed by atoms with E-state index < -0.39 is 0 Å². The number of fused-ring (bicyclic) bond motifs is 1. The quantitative estimate of drug-likeness (QED) is 0.816. The van der Waals surface area contributed by atoms with Gasteiger partial charge in [-0.25, -0.2) is 4.68 Å². The molecule has 1 aliphatic rings. The summed E-state index contributed by atoms with van der Waals surface area (Å²) >= 11 is 0. The number of aryl methyl sites for hydroxylation is 1. The summed E-state index contributed by atoms with van der Waals surface area (Å²) in [6.45, 7) is 4.34. The van der Waals surface area contributed by atoms with Crippen molar-refractivity contribution in [1.29, 1.82) is 0 Å². The molecule has 2 aromatic heterocycles. The molecule has 1 amide bonds. The second-order valence-electron chi connectivity index (χ2n) is 5.21. The number of hydrogen-bond acceptors (Lipinski definition) is 6. The summed E-state index contributed by atoms with van der Waals surface area (Å²) in [5.41, 5.74) is 2.43. The molecule has 3 heterocycles. The number of rotatable bonds is 4. The van der Waals surface area contributed by atoms with E-state index >= 15 is 0 Å². The van der Waals surface area contributed by atoms with Gasteiger partial charge in [0, 0.05) is 26.1 Å². The van der Waals surface area contributed by atoms with Gasteiger partial charge in [0.1, 0.15) is 5.69 Å². The molecule has 2 aromatic rings. The molecule has 3 rings (SSSR count). The van der Waals surface area contributed by atoms with Crippen LogP contribution in [-0.2, 0) is 17.8 Å². The second kappa shape index (κ2) is 6.18. The number of aromatic nitrogens is 5. The first kappa shape index (κ1) is 14.6. The lowest BCUT2D eigenvalue weighted by Gasteiger charge is -2.32. The largest absolute Gasteiger partial charge is 0.384 e. The molecular weight excluding hydrogens is 284 g/mol. The summed E-state index contributed by atoms with van der Waals surface area (Å²) in [5, 5.41) is 15.9. The highest BCUT2D eigenvalue weighted by Gasteiger charge is 2.33. The fraction of sp³-hybridized carbons (Fsp3) is 0.500. The maximum atomic E-state index is 12.6. The Hall–Kier alpha value is -2.35. The van der Waals surface area contributed by atoms with Crippen molar-refractivity contribution < 1.29 is 9.53 Å². The minimum absolute atomic E-state index is 0.0717. The third kappa shape index (κ3) is 2.57. The summed E-state index contributed by atoms with van der Waals surface area (Å²) in [6, 6.07) is 1.67. The second-order valence-corrected chi connectivity index (χ2v) is 5.21. The Bertz CT molecular complexity index is 657. The van der Waals surface area contributed by atoms with Crippen LogP contribution in [-0.4, -0.2) is 56.3 Å². The Labute approximate surface area is 128 Å². The lowest BCUT2D eigenvalue weighted by atomic mass is 9.98. The van der Waals surface area contributed by atoms with Gasteiger partial charge in [0.15, 0.2) is 0 Å². The fourth-order valence-electron chi connectivity index (χ4n) is 2.83. The molecule has 116 valence electrons. The number of carbonyl (C=O) groups excluding carboxylic acids is 1. The minimum atomic E-state index is -0.0762. The third-order valence-electron chi connectivity index (χ3n) is 3.80. The zero-order chi connectivity index (χ0) is 15.5. The highest BCUT2D eigenvalue weighted by molar-refractivity contribution is 5.93. The number of methoxy groups -OCH3 is 1. The Morgan fingerprint density at radius 2 is 2.32 bits per heavy atom. The topological polar surface area (TPSA) is 86.0 Å². The van der Waals surface area contributed by atoms with Gasteiger partial charge in [0.05, 0.1) is 36.8 Å². The smallest absolute Gasteiger partial charge is 0.255 e. The molecule has 8 heteroatoms. The first-order chi connectivity index (χ1) is 10.7. The first-order valence-corrected chi connectivity index (χ1v) is 7.21. The predicted molar refractivity (Wildman–Crippen MR) is 77.1 cm³/mol. The summed E-state index contributed by atoms with van der Waals surface area (Å²) in [6.07, 6.45) is 2.99. The summed E-state index contributed by atoms with van der Waals surface area (Å²) in [7, 11) is 1.66. The van der Waals surface area contributed by atoms with Crippen LogP contribution in [0.1, 0.15) is 34.6 Å². The zero-order valence-electron chi connectivity index (χ0n) is 12.6. The van der Waals surface area contributed by atoms with Crippen LogP contribution in [0.15, 0.2) is 18.5 Å². The maximum Gasteiger partial charge on any atom is 0.255 e. The summed E-state index contributed by atoms with van der Waals surface area (Å²) in [5.74, 6) is -0.00449. The first-order valence-electron chi connectivity index (χ1n) is 7.21. The van der Waals surface area contributed by atoms with E-state index in [9.17, 15) is 4.79 Å². The molecular formula is C14H18N6O2. The lowest BCUT2D eigenvalue weighted by molar-refractivity contribution is 0.0672. The maximum absolute atomic E-state index is 12.6. The van der Waals surface area contributed by atoms with Crippen molar-refractivity contribution in [2.45, 2.75) is 25.9 Å². The number of amides is 1. The van der Waals surface area contributed by atoms with Crippen molar-refractivity contribution in [1.82, 2.24) is 30.1 Å². The number of nitrogens with zero attached hydrogens (tertiary/aromatic N) is 6. The van der Waals surface area contributed by atoms with Crippen LogP contribution in [0.25, 0.3) is 0 Å². The summed E-state index contributed by atoms with van der Waals surface area (Å²) in [4.78, 5) is 14.4. The summed E-state index contributed by atoms with van der Waals surface area (Å²) < 4.78 is 7.20. The van der Waals surface area contributed by atoms with E-state index in [1.807, 2.05) is 11.6 Å². The average molecular weight is 302 g/mol. The van der Waals surface area contributed by atoms with Gasteiger partial charge in [-0.1, -0.05) is 5.21 Å². The normalized spacial score (nSPS) is 17.4. The Morgan fingerprint density at radius 1 is 1.45 bits per heavy atom. The molecule has 0 bridgehead atoms. The molecule has 0 N–H and O–H groups in total. The van der Waals surface area contributed by atoms with E-state index in [2.05, 4.69) is 20.5 Å². The molecule has 1 atom stereocenters. The Morgan fingerprint density at radius 3 is 3.00 bits per heavy atom. The molecule has 0 unspecified atom stereocenters. The number of carbonyl (C=O) groups is 1. The highest BCUT2D eigenvalue weighted by Crippen LogP contribution is 2.28. The van der Waals surface area contributed by atoms with Crippen molar-refractivity contribution in [3.8, 4) is 0 Å². The van der Waals surface area contributed by atoms with Crippen LogP contribution < -0.4 is 0 Å². The van der Waals surface area contributed by atoms with Gasteiger partial charge in [-0.2, -0.15) is 10.2 Å². The van der Waals surface area contributed by atoms with Gasteiger partial charge in [-0.3, -0.25) is 4.79 Å². The molecule has 0 saturated carbocycles. The van der Waals surface area contributed by atoms with Crippen LogP contribution in [0.2, 0.25) is 0 Å². The van der Waals surface area contributed by atoms with Gasteiger partial charge < -0.3 is 9.64 Å². The monoisotopic (exact) mass is 302 g/mol. The fourth-order valence-corrected chi connectivity index (χ4v) is 2.83. The van der Waals surface area contributed by atoms with E-state index in [1.54, 1.807) is 18.1 Å². The van der Waals surface area contributed by atoms with Crippen LogP contribution >= 0.6 is 0 Å². The van der Waals surface area contributed by atoms with Crippen LogP contribution in [0.4, 0.5) is 0 Å². The molecule has 0 saturated heterocycles. The standard InChI is InChI=1S/C14H18N6O2/c1-3-20-13-11(9-22-2)7-19(8-12(13)17-18-20)14(21)10-4-5-15-16-6-10/h4-6,11H,3,7-9H2,1-2H3/t11-/m0/s1. The SMILES string of the molecule is CCn1nnc2c1[C@H](COC)CN(C(=O)c1ccnnc1)C2. The van der Waals surface area contributed by atoms with Gasteiger partial charge in [-0.15, -0.1) is 5.10 Å². The predicted octanol–water partition coefficient (Wildman–Crippen LogP) is 0.474. The van der Waals surface area contributed by atoms with E-state index in [1.165, 1.54) is 12.4 Å². The van der Waals surface area contributed by atoms with Crippen molar-refractivity contribution in [3.63, 3.8) is 0 Å². The van der Waals surface area contributed by atoms with E-state index in [4.69, 9.17) is 4.74 Å². The minimum Gasteiger partial charge on any atom is -0.384 e. The molecule has 0 spiro atoms. The molecule has 1 aliphatic heterocycles. The van der Waals surface area contributed by atoms with Gasteiger partial charge >= 0.3 is 0 Å². The van der Waals surface area contributed by atoms with Crippen LogP contribution in [0.3, 0.4) is 0 Å². The van der Waals surface area contributed by atoms with Gasteiger partial charge in [-0.05, 0) is 13.0 Å². The van der Waals surface area contributed by atoms with E-state index in [0.717, 1.165) is 17.9 Å². The van der Waals surface area contributed by atoms with Crippen LogP contribution in [0.5, 0.6) is 0 Å². The number of hydrogen-bond donors (Lipinski definition) is 0. The van der Waals surface area contributed by atoms with E-state index in [-0.39, 0.29) is 11.8 Å². The molecule has 22 heavy (non-hydrogen) atoms. The van der Waals surface area contributed by atoms with Gasteiger partial charge in [0.2, 0.25) is 0 Å². The van der Waals surface area contributed by atoms with Crippen molar-refractivity contribution in [3.05, 3.63) is 35.4 Å². The molecule has 0 fully saturated rings. The molecule has 0 aromatic carbocycles. The molecule has 0 radical (unpaired) electrons. The lowest BCUT2D eigenvalue weighted by Crippen LogP contribution is -2.40. The van der Waals surface area contributed by atoms with Crippen molar-refractivity contribution in [2.75, 3.05) is 20.3 Å². The van der Waals surface area contributed by atoms with Gasteiger partial charge in [0.25, 0.3) is 5.91 Å². The Balaban J connectivity index is 1.89. The zero-order valence-corrected chi connectivity index (χ0v) is 12.6. The third-order valence-corrected chi connectivity index (χ3v) is 3.80.